The quantitative estimate of drug-likeness (QED) is 0.738. The zero-order valence-corrected chi connectivity index (χ0v) is 17.3. The number of imidazole rings is 1. The highest BCUT2D eigenvalue weighted by molar-refractivity contribution is 7.89. The van der Waals surface area contributed by atoms with E-state index in [2.05, 4.69) is 9.97 Å². The van der Waals surface area contributed by atoms with Gasteiger partial charge in [-0.3, -0.25) is 0 Å². The van der Waals surface area contributed by atoms with Gasteiger partial charge in [-0.2, -0.15) is 8.61 Å². The Balaban J connectivity index is 1.54. The summed E-state index contributed by atoms with van der Waals surface area (Å²) in [4.78, 5) is 6.45. The number of aromatic amines is 1. The molecule has 1 N–H and O–H groups in total. The highest BCUT2D eigenvalue weighted by atomic mass is 32.2. The molecule has 1 saturated heterocycles. The van der Waals surface area contributed by atoms with Gasteiger partial charge in [-0.25, -0.2) is 21.8 Å². The van der Waals surface area contributed by atoms with Crippen LogP contribution in [0.1, 0.15) is 12.8 Å². The van der Waals surface area contributed by atoms with Gasteiger partial charge < -0.3 is 14.5 Å². The topological polar surface area (TPSA) is 122 Å². The van der Waals surface area contributed by atoms with Crippen LogP contribution in [0.25, 0.3) is 0 Å². The first-order chi connectivity index (χ1) is 13.9. The van der Waals surface area contributed by atoms with Gasteiger partial charge in [-0.05, 0) is 18.6 Å². The Morgan fingerprint density at radius 2 is 1.55 bits per heavy atom. The van der Waals surface area contributed by atoms with Crippen LogP contribution in [0.4, 0.5) is 0 Å². The van der Waals surface area contributed by atoms with Gasteiger partial charge in [0.25, 0.3) is 10.0 Å². The van der Waals surface area contributed by atoms with Gasteiger partial charge in [0, 0.05) is 38.7 Å². The van der Waals surface area contributed by atoms with Crippen molar-refractivity contribution in [1.82, 2.24) is 18.6 Å². The average molecular weight is 443 g/mol. The Labute approximate surface area is 169 Å². The van der Waals surface area contributed by atoms with Gasteiger partial charge in [-0.15, -0.1) is 0 Å². The lowest BCUT2D eigenvalue weighted by Gasteiger charge is -2.21. The molecule has 29 heavy (non-hydrogen) atoms. The second-order valence-corrected chi connectivity index (χ2v) is 10.6. The van der Waals surface area contributed by atoms with Crippen molar-refractivity contribution in [2.45, 2.75) is 22.8 Å². The summed E-state index contributed by atoms with van der Waals surface area (Å²) in [6.45, 7) is 1.56. The maximum Gasteiger partial charge on any atom is 0.260 e. The number of H-pyrrole nitrogens is 1. The first kappa shape index (κ1) is 20.1. The van der Waals surface area contributed by atoms with Crippen molar-refractivity contribution in [3.8, 4) is 11.5 Å². The Hall–Kier alpha value is -2.15. The minimum absolute atomic E-state index is 0.00305. The molecule has 0 bridgehead atoms. The minimum atomic E-state index is -3.80. The van der Waals surface area contributed by atoms with E-state index in [1.807, 2.05) is 0 Å². The molecular weight excluding hydrogens is 420 g/mol. The molecule has 1 fully saturated rings. The van der Waals surface area contributed by atoms with E-state index < -0.39 is 20.0 Å². The molecule has 0 unspecified atom stereocenters. The van der Waals surface area contributed by atoms with Gasteiger partial charge in [0.15, 0.2) is 16.5 Å². The zero-order chi connectivity index (χ0) is 20.5. The van der Waals surface area contributed by atoms with Crippen LogP contribution >= 0.6 is 0 Å². The van der Waals surface area contributed by atoms with Gasteiger partial charge in [0.1, 0.15) is 0 Å². The SMILES string of the molecule is O=S(=O)(c1ccc2c(c1)OCCCO2)N1CCCN(S(=O)(=O)c2cnc[nH]2)CC1. The number of ether oxygens (including phenoxy) is 2. The van der Waals surface area contributed by atoms with Crippen molar-refractivity contribution in [3.05, 3.63) is 30.7 Å². The largest absolute Gasteiger partial charge is 0.490 e. The van der Waals surface area contributed by atoms with Crippen LogP contribution in [0.2, 0.25) is 0 Å². The van der Waals surface area contributed by atoms with Crippen LogP contribution in [0.3, 0.4) is 0 Å². The van der Waals surface area contributed by atoms with Crippen LogP contribution in [0.5, 0.6) is 11.5 Å². The molecule has 0 spiro atoms. The van der Waals surface area contributed by atoms with Crippen molar-refractivity contribution in [3.63, 3.8) is 0 Å². The first-order valence-electron chi connectivity index (χ1n) is 9.27. The fraction of sp³-hybridized carbons (Fsp3) is 0.471. The van der Waals surface area contributed by atoms with Gasteiger partial charge in [-0.1, -0.05) is 0 Å². The van der Waals surface area contributed by atoms with E-state index in [-0.39, 0.29) is 36.1 Å². The van der Waals surface area contributed by atoms with Crippen molar-refractivity contribution >= 4 is 20.0 Å². The molecule has 0 aliphatic carbocycles. The smallest absolute Gasteiger partial charge is 0.260 e. The molecule has 2 aliphatic heterocycles. The second-order valence-electron chi connectivity index (χ2n) is 6.74. The monoisotopic (exact) mass is 442 g/mol. The molecular formula is C17H22N4O6S2. The number of sulfonamides is 2. The van der Waals surface area contributed by atoms with Crippen molar-refractivity contribution in [1.29, 1.82) is 0 Å². The molecule has 0 radical (unpaired) electrons. The summed E-state index contributed by atoms with van der Waals surface area (Å²) in [5.41, 5.74) is 0. The highest BCUT2D eigenvalue weighted by Crippen LogP contribution is 2.33. The second kappa shape index (κ2) is 7.94. The third-order valence-corrected chi connectivity index (χ3v) is 8.58. The van der Waals surface area contributed by atoms with Gasteiger partial charge in [0.2, 0.25) is 10.0 Å². The molecule has 1 aromatic carbocycles. The molecule has 158 valence electrons. The Kier molecular flexibility index (Phi) is 5.51. The molecule has 2 aliphatic rings. The molecule has 0 atom stereocenters. The summed E-state index contributed by atoms with van der Waals surface area (Å²) in [6, 6.07) is 4.56. The van der Waals surface area contributed by atoms with E-state index in [9.17, 15) is 16.8 Å². The normalized spacial score (nSPS) is 19.4. The van der Waals surface area contributed by atoms with Crippen LogP contribution in [-0.2, 0) is 20.0 Å². The first-order valence-corrected chi connectivity index (χ1v) is 12.2. The number of fused-ring (bicyclic) bond motifs is 1. The van der Waals surface area contributed by atoms with E-state index in [4.69, 9.17) is 9.47 Å². The van der Waals surface area contributed by atoms with Crippen LogP contribution < -0.4 is 9.47 Å². The number of hydrogen-bond donors (Lipinski definition) is 1. The molecule has 0 amide bonds. The van der Waals surface area contributed by atoms with Gasteiger partial charge >= 0.3 is 0 Å². The van der Waals surface area contributed by atoms with Gasteiger partial charge in [0.05, 0.1) is 30.6 Å². The number of nitrogens with zero attached hydrogens (tertiary/aromatic N) is 3. The molecule has 3 heterocycles. The number of benzene rings is 1. The molecule has 1 aromatic heterocycles. The number of rotatable bonds is 4. The van der Waals surface area contributed by atoms with Crippen molar-refractivity contribution in [2.75, 3.05) is 39.4 Å². The fourth-order valence-electron chi connectivity index (χ4n) is 3.33. The lowest BCUT2D eigenvalue weighted by Crippen LogP contribution is -2.37. The lowest BCUT2D eigenvalue weighted by molar-refractivity contribution is 0.296. The summed E-state index contributed by atoms with van der Waals surface area (Å²) >= 11 is 0. The third kappa shape index (κ3) is 3.97. The molecule has 4 rings (SSSR count). The summed E-state index contributed by atoms with van der Waals surface area (Å²) in [7, 11) is -7.53. The molecule has 0 saturated carbocycles. The summed E-state index contributed by atoms with van der Waals surface area (Å²) in [5, 5.41) is -0.00305. The van der Waals surface area contributed by atoms with E-state index >= 15 is 0 Å². The van der Waals surface area contributed by atoms with E-state index in [0.29, 0.717) is 31.1 Å². The standard InChI is InChI=1S/C17H22N4O6S2/c22-28(23,14-3-4-15-16(11-14)27-10-2-9-26-15)20-5-1-6-21(8-7-20)29(24,25)17-12-18-13-19-17/h3-4,11-13H,1-2,5-10H2,(H,18,19). The Bertz CT molecular complexity index is 1070. The van der Waals surface area contributed by atoms with Crippen molar-refractivity contribution < 1.29 is 26.3 Å². The van der Waals surface area contributed by atoms with Crippen molar-refractivity contribution in [2.24, 2.45) is 0 Å². The summed E-state index contributed by atoms with van der Waals surface area (Å²) in [5.74, 6) is 0.927. The number of aromatic nitrogens is 2. The number of nitrogens with one attached hydrogen (secondary N) is 1. The van der Waals surface area contributed by atoms with E-state index in [1.54, 1.807) is 6.07 Å². The van der Waals surface area contributed by atoms with Crippen LogP contribution in [-0.4, -0.2) is 74.8 Å². The molecule has 12 heteroatoms. The third-order valence-electron chi connectivity index (χ3n) is 4.86. The van der Waals surface area contributed by atoms with E-state index in [0.717, 1.165) is 6.42 Å². The summed E-state index contributed by atoms with van der Waals surface area (Å²) in [6.07, 6.45) is 3.65. The predicted molar refractivity (Wildman–Crippen MR) is 103 cm³/mol. The molecule has 2 aromatic rings. The lowest BCUT2D eigenvalue weighted by atomic mass is 10.3. The Morgan fingerprint density at radius 1 is 0.862 bits per heavy atom. The van der Waals surface area contributed by atoms with E-state index in [1.165, 1.54) is 33.3 Å². The maximum absolute atomic E-state index is 13.1. The minimum Gasteiger partial charge on any atom is -0.490 e. The highest BCUT2D eigenvalue weighted by Gasteiger charge is 2.32. The average Bonchev–Trinajstić information content (AvgIpc) is 2.99. The summed E-state index contributed by atoms with van der Waals surface area (Å²) < 4.78 is 65.4. The Morgan fingerprint density at radius 3 is 2.24 bits per heavy atom. The molecule has 10 nitrogen and oxygen atoms in total. The fourth-order valence-corrected chi connectivity index (χ4v) is 6.18. The van der Waals surface area contributed by atoms with Crippen LogP contribution in [0.15, 0.2) is 40.6 Å². The zero-order valence-electron chi connectivity index (χ0n) is 15.7. The number of hydrogen-bond acceptors (Lipinski definition) is 7. The predicted octanol–water partition coefficient (Wildman–Crippen LogP) is 0.656. The maximum atomic E-state index is 13.1. The van der Waals surface area contributed by atoms with Crippen LogP contribution in [0, 0.1) is 0 Å².